The van der Waals surface area contributed by atoms with E-state index in [1.807, 2.05) is 78.9 Å². The summed E-state index contributed by atoms with van der Waals surface area (Å²) < 4.78 is 53.0. The van der Waals surface area contributed by atoms with Crippen LogP contribution in [0.2, 0.25) is 0 Å². The first-order chi connectivity index (χ1) is 31.0. The summed E-state index contributed by atoms with van der Waals surface area (Å²) in [6.45, 7) is 0. The molecular weight excluding hydrogens is 784 g/mol. The van der Waals surface area contributed by atoms with Crippen LogP contribution in [0.3, 0.4) is 0 Å². The number of allylic oxidation sites excluding steroid dienone is 9. The molecule has 1 heterocycles. The second-order valence-electron chi connectivity index (χ2n) is 17.4. The zero-order valence-corrected chi connectivity index (χ0v) is 35.0. The van der Waals surface area contributed by atoms with Gasteiger partial charge in [0.25, 0.3) is 0 Å². The highest BCUT2D eigenvalue weighted by molar-refractivity contribution is 5.83. The van der Waals surface area contributed by atoms with E-state index in [2.05, 4.69) is 130 Å². The van der Waals surface area contributed by atoms with Crippen LogP contribution >= 0.6 is 0 Å². The highest BCUT2D eigenvalue weighted by Crippen LogP contribution is 2.53. The van der Waals surface area contributed by atoms with Crippen LogP contribution in [0.1, 0.15) is 55.1 Å². The Morgan fingerprint density at radius 2 is 1.10 bits per heavy atom. The number of hydrogen-bond acceptors (Lipinski definition) is 3. The molecule has 6 aliphatic rings. The third kappa shape index (κ3) is 7.12. The molecule has 0 bridgehead atoms. The second-order valence-corrected chi connectivity index (χ2v) is 17.4. The lowest BCUT2D eigenvalue weighted by molar-refractivity contribution is 0.469. The molecule has 4 unspecified atom stereocenters. The van der Waals surface area contributed by atoms with Gasteiger partial charge in [0.2, 0.25) is 0 Å². The third-order valence-corrected chi connectivity index (χ3v) is 13.5. The van der Waals surface area contributed by atoms with Crippen molar-refractivity contribution in [2.45, 2.75) is 62.1 Å². The molecule has 63 heavy (non-hydrogen) atoms. The monoisotopic (exact) mass is 831 g/mol. The number of fused-ring (bicyclic) bond motifs is 2. The average molecular weight is 832 g/mol. The molecule has 0 N–H and O–H groups in total. The van der Waals surface area contributed by atoms with Crippen molar-refractivity contribution < 1.29 is 13.2 Å². The number of anilines is 5. The Morgan fingerprint density at radius 1 is 0.524 bits per heavy atom. The minimum absolute atomic E-state index is 0.0197. The Morgan fingerprint density at radius 3 is 1.67 bits per heavy atom. The van der Waals surface area contributed by atoms with Crippen molar-refractivity contribution in [1.29, 1.82) is 0 Å². The van der Waals surface area contributed by atoms with Crippen LogP contribution in [0.4, 0.5) is 41.6 Å². The van der Waals surface area contributed by atoms with Crippen molar-refractivity contribution in [2.24, 2.45) is 5.92 Å². The topological polar surface area (TPSA) is 9.72 Å². The molecule has 0 spiro atoms. The van der Waals surface area contributed by atoms with E-state index in [0.717, 1.165) is 52.5 Å². The lowest BCUT2D eigenvalue weighted by Gasteiger charge is -2.36. The van der Waals surface area contributed by atoms with Crippen LogP contribution in [0.25, 0.3) is 11.1 Å². The SMILES string of the molecule is Fc1c(F)c(C2C=CC3=C(C2)N(c2ccccc2)C2C=CC=C[C@H]32)c(F)c(C2CC2)c1-c1cc(N(c2ccccc2)C2C=CC=CC2)cc(N(c2ccccc2)C2C=CC=CC2)c1. The van der Waals surface area contributed by atoms with Crippen molar-refractivity contribution in [3.63, 3.8) is 0 Å². The molecule has 1 aliphatic heterocycles. The number of para-hydroxylation sites is 3. The lowest BCUT2D eigenvalue weighted by Crippen LogP contribution is -2.33. The van der Waals surface area contributed by atoms with E-state index in [4.69, 9.17) is 0 Å². The largest absolute Gasteiger partial charge is 0.337 e. The molecule has 1 fully saturated rings. The van der Waals surface area contributed by atoms with E-state index in [0.29, 0.717) is 24.8 Å². The predicted molar refractivity (Wildman–Crippen MR) is 252 cm³/mol. The molecule has 5 aromatic rings. The predicted octanol–water partition coefficient (Wildman–Crippen LogP) is 14.6. The highest BCUT2D eigenvalue weighted by Gasteiger charge is 2.43. The van der Waals surface area contributed by atoms with Gasteiger partial charge in [-0.25, -0.2) is 13.2 Å². The molecule has 5 aliphatic carbocycles. The fourth-order valence-corrected chi connectivity index (χ4v) is 10.5. The minimum atomic E-state index is -1.11. The number of benzene rings is 5. The summed E-state index contributed by atoms with van der Waals surface area (Å²) in [5, 5.41) is 0. The average Bonchev–Trinajstić information content (AvgIpc) is 4.13. The van der Waals surface area contributed by atoms with E-state index in [9.17, 15) is 0 Å². The standard InChI is InChI=1S/C57H48F3N3/c58-55-52(38-30-31-38)53(56(59)57(60)54(55)39-32-33-49-48-28-16-17-29-50(48)63(51(49)36-39)45-26-14-5-15-27-45)40-34-46(61(41-18-6-1-7-19-41)42-20-8-2-9-21-42)37-47(35-40)62(43-22-10-3-11-23-43)44-24-12-4-13-25-44/h1-20,22-24,26-29,32-35,37-39,42,44,48,50H,21,25,30-31,36H2/t39?,42?,44?,48-,50?/m1/s1. The molecule has 1 saturated carbocycles. The first-order valence-electron chi connectivity index (χ1n) is 22.3. The quantitative estimate of drug-likeness (QED) is 0.130. The summed E-state index contributed by atoms with van der Waals surface area (Å²) >= 11 is 0. The van der Waals surface area contributed by atoms with Gasteiger partial charge in [0.05, 0.1) is 18.1 Å². The Labute approximate surface area is 368 Å². The molecule has 5 atom stereocenters. The first-order valence-corrected chi connectivity index (χ1v) is 22.3. The zero-order valence-electron chi connectivity index (χ0n) is 35.0. The molecular formula is C57H48F3N3. The van der Waals surface area contributed by atoms with E-state index in [1.54, 1.807) is 0 Å². The van der Waals surface area contributed by atoms with Gasteiger partial charge in [-0.3, -0.25) is 0 Å². The molecule has 11 rings (SSSR count). The second kappa shape index (κ2) is 16.5. The molecule has 0 aromatic heterocycles. The molecule has 6 heteroatoms. The van der Waals surface area contributed by atoms with Gasteiger partial charge in [0.15, 0.2) is 11.6 Å². The van der Waals surface area contributed by atoms with Crippen molar-refractivity contribution in [2.75, 3.05) is 14.7 Å². The lowest BCUT2D eigenvalue weighted by atomic mass is 9.81. The number of hydrogen-bond donors (Lipinski definition) is 0. The summed E-state index contributed by atoms with van der Waals surface area (Å²) in [5.74, 6) is -3.52. The maximum absolute atomic E-state index is 17.9. The summed E-state index contributed by atoms with van der Waals surface area (Å²) in [6.07, 6.45) is 32.7. The van der Waals surface area contributed by atoms with Gasteiger partial charge in [-0.05, 0) is 104 Å². The molecule has 0 saturated heterocycles. The first kappa shape index (κ1) is 39.1. The van der Waals surface area contributed by atoms with Gasteiger partial charge >= 0.3 is 0 Å². The Kier molecular flexibility index (Phi) is 10.2. The fraction of sp³-hybridized carbons (Fsp3) is 0.193. The summed E-state index contributed by atoms with van der Waals surface area (Å²) in [7, 11) is 0. The van der Waals surface area contributed by atoms with Gasteiger partial charge in [0.1, 0.15) is 5.82 Å². The van der Waals surface area contributed by atoms with Crippen molar-refractivity contribution in [3.05, 3.63) is 234 Å². The van der Waals surface area contributed by atoms with Gasteiger partial charge in [-0.2, -0.15) is 0 Å². The van der Waals surface area contributed by atoms with Crippen LogP contribution in [0, 0.1) is 23.4 Å². The van der Waals surface area contributed by atoms with Crippen molar-refractivity contribution >= 4 is 28.4 Å². The van der Waals surface area contributed by atoms with E-state index >= 15 is 13.2 Å². The summed E-state index contributed by atoms with van der Waals surface area (Å²) in [4.78, 5) is 6.84. The van der Waals surface area contributed by atoms with E-state index in [-0.39, 0.29) is 46.7 Å². The van der Waals surface area contributed by atoms with Crippen LogP contribution in [-0.4, -0.2) is 18.1 Å². The number of rotatable bonds is 10. The fourth-order valence-electron chi connectivity index (χ4n) is 10.5. The van der Waals surface area contributed by atoms with Crippen LogP contribution < -0.4 is 14.7 Å². The maximum Gasteiger partial charge on any atom is 0.167 e. The van der Waals surface area contributed by atoms with E-state index in [1.165, 1.54) is 0 Å². The van der Waals surface area contributed by atoms with Crippen LogP contribution in [-0.2, 0) is 0 Å². The summed E-state index contributed by atoms with van der Waals surface area (Å²) in [6, 6.07) is 36.6. The van der Waals surface area contributed by atoms with E-state index < -0.39 is 23.4 Å². The number of nitrogens with zero attached hydrogens (tertiary/aromatic N) is 3. The Hall–Kier alpha value is -6.79. The normalized spacial score (nSPS) is 23.0. The van der Waals surface area contributed by atoms with Gasteiger partial charge < -0.3 is 14.7 Å². The Balaban J connectivity index is 1.08. The molecule has 0 radical (unpaired) electrons. The maximum atomic E-state index is 17.9. The zero-order chi connectivity index (χ0) is 42.4. The van der Waals surface area contributed by atoms with Crippen molar-refractivity contribution in [1.82, 2.24) is 0 Å². The molecule has 312 valence electrons. The summed E-state index contributed by atoms with van der Waals surface area (Å²) in [5.41, 5.74) is 7.31. The van der Waals surface area contributed by atoms with Gasteiger partial charge in [-0.15, -0.1) is 0 Å². The minimum Gasteiger partial charge on any atom is -0.337 e. The third-order valence-electron chi connectivity index (χ3n) is 13.5. The molecule has 0 amide bonds. The van der Waals surface area contributed by atoms with Gasteiger partial charge in [-0.1, -0.05) is 140 Å². The Bertz CT molecular complexity index is 2700. The smallest absolute Gasteiger partial charge is 0.167 e. The highest BCUT2D eigenvalue weighted by atomic mass is 19.2. The number of halogens is 3. The van der Waals surface area contributed by atoms with Crippen molar-refractivity contribution in [3.8, 4) is 11.1 Å². The molecule has 3 nitrogen and oxygen atoms in total. The molecule has 5 aromatic carbocycles. The van der Waals surface area contributed by atoms with Crippen LogP contribution in [0.5, 0.6) is 0 Å². The van der Waals surface area contributed by atoms with Crippen LogP contribution in [0.15, 0.2) is 206 Å². The van der Waals surface area contributed by atoms with Gasteiger partial charge in [0, 0.05) is 62.7 Å².